The molecule has 0 N–H and O–H groups in total. The van der Waals surface area contributed by atoms with E-state index in [2.05, 4.69) is 16.6 Å². The van der Waals surface area contributed by atoms with Crippen molar-refractivity contribution in [2.75, 3.05) is 0 Å². The summed E-state index contributed by atoms with van der Waals surface area (Å²) in [6.45, 7) is 8.40. The number of oxime groups is 1. The molecule has 0 bridgehead atoms. The Hall–Kier alpha value is -0.860. The molecule has 0 spiro atoms. The Labute approximate surface area is 55.0 Å². The molecule has 0 unspecified atom stereocenters. The van der Waals surface area contributed by atoms with Gasteiger partial charge >= 0.3 is 0 Å². The first-order chi connectivity index (χ1) is 4.27. The number of halogens is 1. The molecule has 0 radical (unpaired) electrons. The summed E-state index contributed by atoms with van der Waals surface area (Å²) in [5, 5.41) is 3.07. The molecule has 0 aromatic rings. The monoisotopic (exact) mass is 133 g/mol. The quantitative estimate of drug-likeness (QED) is 0.322. The Morgan fingerprint density at radius 2 is 2.11 bits per heavy atom. The van der Waals surface area contributed by atoms with Crippen molar-refractivity contribution >= 4 is 6.21 Å². The van der Waals surface area contributed by atoms with Gasteiger partial charge in [0.15, 0.2) is 0 Å². The van der Waals surface area contributed by atoms with E-state index in [1.165, 1.54) is 6.21 Å². The van der Waals surface area contributed by atoms with E-state index in [1.807, 2.05) is 13.8 Å². The normalized spacial score (nSPS) is 8.00. The van der Waals surface area contributed by atoms with Gasteiger partial charge in [0.2, 0.25) is 0 Å². The maximum atomic E-state index is 11.4. The van der Waals surface area contributed by atoms with E-state index in [0.29, 0.717) is 0 Å². The van der Waals surface area contributed by atoms with Crippen molar-refractivity contribution in [1.29, 1.82) is 0 Å². The molecule has 9 heavy (non-hydrogen) atoms. The lowest BCUT2D eigenvalue weighted by atomic mass is 10.9. The highest BCUT2D eigenvalue weighted by Crippen LogP contribution is 1.91. The van der Waals surface area contributed by atoms with Crippen LogP contribution in [-0.2, 0) is 4.84 Å². The molecule has 0 aromatic carbocycles. The lowest BCUT2D eigenvalue weighted by molar-refractivity contribution is 0.158. The van der Waals surface area contributed by atoms with Gasteiger partial charge in [-0.25, -0.2) is 0 Å². The first-order valence-electron chi connectivity index (χ1n) is 2.76. The summed E-state index contributed by atoms with van der Waals surface area (Å²) in [6.07, 6.45) is 1.32. The molecule has 0 aromatic heterocycles. The second-order valence-corrected chi connectivity index (χ2v) is 0.810. The second-order valence-electron chi connectivity index (χ2n) is 0.810. The fraction of sp³-hybridized carbons (Fsp3) is 0.500. The summed E-state index contributed by atoms with van der Waals surface area (Å²) < 4.78 is 11.4. The molecule has 0 rings (SSSR count). The molecule has 0 aliphatic carbocycles. The molecule has 0 heterocycles. The Bertz CT molecular complexity index is 91.1. The fourth-order valence-electron chi connectivity index (χ4n) is 0.110. The predicted molar refractivity (Wildman–Crippen MR) is 36.8 cm³/mol. The van der Waals surface area contributed by atoms with E-state index in [1.54, 1.807) is 6.92 Å². The molecule has 0 saturated carbocycles. The van der Waals surface area contributed by atoms with Gasteiger partial charge in [0, 0.05) is 6.21 Å². The van der Waals surface area contributed by atoms with Gasteiger partial charge in [-0.2, -0.15) is 4.39 Å². The van der Waals surface area contributed by atoms with E-state index in [-0.39, 0.29) is 0 Å². The summed E-state index contributed by atoms with van der Waals surface area (Å²) in [4.78, 5) is 3.90. The van der Waals surface area contributed by atoms with Crippen LogP contribution in [0.15, 0.2) is 17.7 Å². The van der Waals surface area contributed by atoms with Crippen molar-refractivity contribution in [3.63, 3.8) is 0 Å². The molecule has 0 fully saturated rings. The van der Waals surface area contributed by atoms with Crippen molar-refractivity contribution in [2.24, 2.45) is 5.16 Å². The van der Waals surface area contributed by atoms with E-state index in [9.17, 15) is 4.39 Å². The van der Waals surface area contributed by atoms with Gasteiger partial charge in [-0.3, -0.25) is 0 Å². The van der Waals surface area contributed by atoms with E-state index >= 15 is 0 Å². The van der Waals surface area contributed by atoms with Gasteiger partial charge in [-0.05, 0) is 13.5 Å². The Balaban J connectivity index is 0. The average molecular weight is 133 g/mol. The molecule has 0 aliphatic heterocycles. The third-order valence-electron chi connectivity index (χ3n) is 0.257. The minimum Gasteiger partial charge on any atom is -0.327 e. The third-order valence-corrected chi connectivity index (χ3v) is 0.257. The maximum absolute atomic E-state index is 11.4. The zero-order valence-corrected chi connectivity index (χ0v) is 6.02. The molecule has 54 valence electrons. The topological polar surface area (TPSA) is 21.6 Å². The molecule has 0 atom stereocenters. The highest BCUT2D eigenvalue weighted by atomic mass is 19.1. The predicted octanol–water partition coefficient (Wildman–Crippen LogP) is 2.48. The number of hydrogen-bond donors (Lipinski definition) is 0. The van der Waals surface area contributed by atoms with Gasteiger partial charge < -0.3 is 4.84 Å². The summed E-state index contributed by atoms with van der Waals surface area (Å²) in [7, 11) is 0. The number of hydrogen-bond acceptors (Lipinski definition) is 2. The minimum absolute atomic E-state index is 0.891. The summed E-state index contributed by atoms with van der Waals surface area (Å²) >= 11 is 0. The second kappa shape index (κ2) is 10.2. The first kappa shape index (κ1) is 11.0. The highest BCUT2D eigenvalue weighted by Gasteiger charge is 1.79. The molecule has 3 heteroatoms. The lowest BCUT2D eigenvalue weighted by Gasteiger charge is -1.84. The van der Waals surface area contributed by atoms with Gasteiger partial charge in [0.25, 0.3) is 6.01 Å². The van der Waals surface area contributed by atoms with Crippen LogP contribution in [0.2, 0.25) is 0 Å². The Morgan fingerprint density at radius 1 is 1.67 bits per heavy atom. The Morgan fingerprint density at radius 3 is 2.22 bits per heavy atom. The van der Waals surface area contributed by atoms with Crippen LogP contribution >= 0.6 is 0 Å². The standard InChI is InChI=1S/C4H6FNO.C2H6/c1-3-6-7-4(2)5;1-2/h3H,2H2,1H3;1-2H3/b6-3-;. The van der Waals surface area contributed by atoms with Crippen molar-refractivity contribution in [2.45, 2.75) is 20.8 Å². The first-order valence-corrected chi connectivity index (χ1v) is 2.76. The van der Waals surface area contributed by atoms with Gasteiger partial charge in [-0.15, -0.1) is 0 Å². The summed E-state index contributed by atoms with van der Waals surface area (Å²) in [5.74, 6) is 0. The lowest BCUT2D eigenvalue weighted by Crippen LogP contribution is -1.71. The molecule has 0 aliphatic rings. The van der Waals surface area contributed by atoms with Gasteiger partial charge in [-0.1, -0.05) is 19.0 Å². The highest BCUT2D eigenvalue weighted by molar-refractivity contribution is 5.52. The molecule has 2 nitrogen and oxygen atoms in total. The summed E-state index contributed by atoms with van der Waals surface area (Å²) in [6, 6.07) is -0.891. The van der Waals surface area contributed by atoms with Crippen molar-refractivity contribution in [3.05, 3.63) is 12.6 Å². The van der Waals surface area contributed by atoms with Gasteiger partial charge in [0.05, 0.1) is 0 Å². The SMILES string of the molecule is C=C(F)O/N=C\C.CC. The van der Waals surface area contributed by atoms with E-state index in [4.69, 9.17) is 0 Å². The van der Waals surface area contributed by atoms with Crippen LogP contribution in [0.25, 0.3) is 0 Å². The van der Waals surface area contributed by atoms with Crippen molar-refractivity contribution in [3.8, 4) is 0 Å². The maximum Gasteiger partial charge on any atom is 0.297 e. The van der Waals surface area contributed by atoms with Crippen LogP contribution in [0.4, 0.5) is 4.39 Å². The van der Waals surface area contributed by atoms with E-state index < -0.39 is 6.01 Å². The molecular weight excluding hydrogens is 121 g/mol. The van der Waals surface area contributed by atoms with Crippen LogP contribution < -0.4 is 0 Å². The zero-order valence-electron chi connectivity index (χ0n) is 6.02. The van der Waals surface area contributed by atoms with Crippen LogP contribution in [0, 0.1) is 0 Å². The number of nitrogens with zero attached hydrogens (tertiary/aromatic N) is 1. The number of rotatable bonds is 2. The average Bonchev–Trinajstić information content (AvgIpc) is 1.88. The fourth-order valence-corrected chi connectivity index (χ4v) is 0.110. The smallest absolute Gasteiger partial charge is 0.297 e. The molecule has 0 amide bonds. The van der Waals surface area contributed by atoms with Crippen LogP contribution in [0.5, 0.6) is 0 Å². The van der Waals surface area contributed by atoms with Crippen molar-refractivity contribution < 1.29 is 9.23 Å². The van der Waals surface area contributed by atoms with Gasteiger partial charge in [0.1, 0.15) is 0 Å². The van der Waals surface area contributed by atoms with Crippen molar-refractivity contribution in [1.82, 2.24) is 0 Å². The van der Waals surface area contributed by atoms with E-state index in [0.717, 1.165) is 0 Å². The Kier molecular flexibility index (Phi) is 12.5. The third kappa shape index (κ3) is 19.1. The molecule has 0 saturated heterocycles. The van der Waals surface area contributed by atoms with Crippen LogP contribution in [0.1, 0.15) is 20.8 Å². The zero-order chi connectivity index (χ0) is 7.70. The van der Waals surface area contributed by atoms with Crippen LogP contribution in [-0.4, -0.2) is 6.21 Å². The largest absolute Gasteiger partial charge is 0.327 e. The molecular formula is C6H12FNO. The van der Waals surface area contributed by atoms with Crippen LogP contribution in [0.3, 0.4) is 0 Å². The minimum atomic E-state index is -0.891. The summed E-state index contributed by atoms with van der Waals surface area (Å²) in [5.41, 5.74) is 0.